The zero-order valence-electron chi connectivity index (χ0n) is 15.0. The number of hydrogen-bond acceptors (Lipinski definition) is 5. The molecule has 7 heteroatoms. The first-order valence-electron chi connectivity index (χ1n) is 8.58. The van der Waals surface area contributed by atoms with E-state index in [1.165, 1.54) is 12.1 Å². The van der Waals surface area contributed by atoms with Gasteiger partial charge in [0, 0.05) is 0 Å². The molecule has 1 saturated heterocycles. The van der Waals surface area contributed by atoms with Gasteiger partial charge in [-0.05, 0) is 67.9 Å². The minimum Gasteiger partial charge on any atom is -0.481 e. The molecule has 1 fully saturated rings. The average molecular weight is 397 g/mol. The predicted molar refractivity (Wildman–Crippen MR) is 103 cm³/mol. The molecule has 26 heavy (non-hydrogen) atoms. The number of hydrogen-bond donors (Lipinski definition) is 1. The second-order valence-electron chi connectivity index (χ2n) is 6.13. The number of carbonyl (C=O) groups is 1. The molecule has 1 atom stereocenters. The van der Waals surface area contributed by atoms with E-state index in [0.717, 1.165) is 11.5 Å². The Labute approximate surface area is 159 Å². The number of rotatable bonds is 7. The molecule has 2 rings (SSSR count). The van der Waals surface area contributed by atoms with Crippen molar-refractivity contribution >= 4 is 27.6 Å². The Kier molecular flexibility index (Phi) is 7.01. The highest BCUT2D eigenvalue weighted by Crippen LogP contribution is 2.42. The highest BCUT2D eigenvalue weighted by atomic mass is 32.2. The summed E-state index contributed by atoms with van der Waals surface area (Å²) in [6.45, 7) is 3.57. The number of sulfone groups is 1. The summed E-state index contributed by atoms with van der Waals surface area (Å²) in [5, 5.41) is 9.94. The van der Waals surface area contributed by atoms with Crippen LogP contribution in [0, 0.1) is 17.8 Å². The van der Waals surface area contributed by atoms with Crippen LogP contribution in [0.15, 0.2) is 29.2 Å². The van der Waals surface area contributed by atoms with Crippen LogP contribution in [0.3, 0.4) is 0 Å². The molecule has 0 spiro atoms. The third-order valence-electron chi connectivity index (χ3n) is 4.87. The van der Waals surface area contributed by atoms with Gasteiger partial charge in [-0.15, -0.1) is 5.92 Å². The van der Waals surface area contributed by atoms with Gasteiger partial charge in [0.15, 0.2) is 14.6 Å². The number of thioether (sulfide) groups is 1. The first-order valence-corrected chi connectivity index (χ1v) is 11.2. The van der Waals surface area contributed by atoms with Gasteiger partial charge in [0.05, 0.1) is 4.90 Å². The van der Waals surface area contributed by atoms with Gasteiger partial charge in [-0.25, -0.2) is 8.42 Å². The Balaban J connectivity index is 2.39. The van der Waals surface area contributed by atoms with Gasteiger partial charge in [0.25, 0.3) is 0 Å². The molecule has 0 saturated carbocycles. The second-order valence-corrected chi connectivity index (χ2v) is 9.56. The smallest absolute Gasteiger partial charge is 0.325 e. The van der Waals surface area contributed by atoms with Gasteiger partial charge in [-0.3, -0.25) is 4.79 Å². The van der Waals surface area contributed by atoms with Crippen LogP contribution >= 0.6 is 11.8 Å². The number of carboxylic acids is 1. The first kappa shape index (κ1) is 20.7. The highest BCUT2D eigenvalue weighted by molar-refractivity contribution is 7.99. The molecule has 1 aliphatic heterocycles. The van der Waals surface area contributed by atoms with Gasteiger partial charge in [-0.2, -0.15) is 11.8 Å². The van der Waals surface area contributed by atoms with Gasteiger partial charge in [-0.1, -0.05) is 12.8 Å². The Morgan fingerprint density at radius 1 is 1.31 bits per heavy atom. The van der Waals surface area contributed by atoms with E-state index in [4.69, 9.17) is 4.74 Å². The van der Waals surface area contributed by atoms with E-state index < -0.39 is 20.6 Å². The van der Waals surface area contributed by atoms with Gasteiger partial charge in [0.1, 0.15) is 12.4 Å². The van der Waals surface area contributed by atoms with Crippen LogP contribution < -0.4 is 4.74 Å². The summed E-state index contributed by atoms with van der Waals surface area (Å²) in [7, 11) is -4.05. The van der Waals surface area contributed by atoms with Crippen LogP contribution in [-0.2, 0) is 14.6 Å². The molecule has 1 aromatic carbocycles. The molecule has 5 nitrogen and oxygen atoms in total. The maximum absolute atomic E-state index is 13.3. The largest absolute Gasteiger partial charge is 0.481 e. The lowest BCUT2D eigenvalue weighted by molar-refractivity contribution is -0.142. The van der Waals surface area contributed by atoms with Crippen LogP contribution in [-0.4, -0.2) is 42.4 Å². The fraction of sp³-hybridized carbons (Fsp3) is 0.526. The summed E-state index contributed by atoms with van der Waals surface area (Å²) in [5.74, 6) is 5.92. The Bertz CT molecular complexity index is 783. The van der Waals surface area contributed by atoms with E-state index in [0.29, 0.717) is 18.6 Å². The molecule has 0 radical (unpaired) electrons. The molecule has 0 aromatic heterocycles. The quantitative estimate of drug-likeness (QED) is 0.713. The third kappa shape index (κ3) is 3.86. The van der Waals surface area contributed by atoms with E-state index in [1.807, 2.05) is 0 Å². The van der Waals surface area contributed by atoms with E-state index in [1.54, 1.807) is 37.7 Å². The number of benzene rings is 1. The number of ether oxygens (including phenoxy) is 1. The second kappa shape index (κ2) is 8.83. The topological polar surface area (TPSA) is 80.7 Å². The summed E-state index contributed by atoms with van der Waals surface area (Å²) in [4.78, 5) is 12.2. The third-order valence-corrected chi connectivity index (χ3v) is 8.57. The van der Waals surface area contributed by atoms with Crippen LogP contribution in [0.25, 0.3) is 0 Å². The van der Waals surface area contributed by atoms with Crippen molar-refractivity contribution in [2.45, 2.75) is 42.8 Å². The standard InChI is InChI=1S/C19H24O5S2/c1-3-5-12-24-16-6-8-17(9-7-16)26(22,23)19(4-2,18(20)21)15-10-13-25-14-11-15/h6-9,15H,4,10-14H2,1-2H3,(H,20,21). The summed E-state index contributed by atoms with van der Waals surface area (Å²) in [6.07, 6.45) is 1.24. The molecule has 1 unspecified atom stereocenters. The highest BCUT2D eigenvalue weighted by Gasteiger charge is 2.55. The average Bonchev–Trinajstić information content (AvgIpc) is 2.64. The zero-order valence-corrected chi connectivity index (χ0v) is 16.7. The molecule has 0 aliphatic carbocycles. The van der Waals surface area contributed by atoms with E-state index in [-0.39, 0.29) is 23.8 Å². The van der Waals surface area contributed by atoms with Crippen molar-refractivity contribution < 1.29 is 23.1 Å². The molecule has 1 aromatic rings. The molecular weight excluding hydrogens is 372 g/mol. The predicted octanol–water partition coefficient (Wildman–Crippen LogP) is 3.24. The van der Waals surface area contributed by atoms with Crippen molar-refractivity contribution in [3.63, 3.8) is 0 Å². The molecule has 142 valence electrons. The lowest BCUT2D eigenvalue weighted by atomic mass is 9.84. The van der Waals surface area contributed by atoms with Crippen LogP contribution in [0.2, 0.25) is 0 Å². The Morgan fingerprint density at radius 2 is 1.92 bits per heavy atom. The maximum atomic E-state index is 13.3. The van der Waals surface area contributed by atoms with Crippen LogP contribution in [0.1, 0.15) is 33.1 Å². The SMILES string of the molecule is CC#CCOc1ccc(S(=O)(=O)C(CC)(C(=O)O)C2CCSCC2)cc1. The van der Waals surface area contributed by atoms with Crippen molar-refractivity contribution in [2.24, 2.45) is 5.92 Å². The molecule has 0 amide bonds. The number of carboxylic acid groups (broad SMARTS) is 1. The van der Waals surface area contributed by atoms with Crippen molar-refractivity contribution in [3.05, 3.63) is 24.3 Å². The van der Waals surface area contributed by atoms with Gasteiger partial charge < -0.3 is 9.84 Å². The molecule has 0 bridgehead atoms. The molecule has 1 heterocycles. The van der Waals surface area contributed by atoms with Crippen molar-refractivity contribution in [3.8, 4) is 17.6 Å². The van der Waals surface area contributed by atoms with E-state index >= 15 is 0 Å². The van der Waals surface area contributed by atoms with Crippen molar-refractivity contribution in [2.75, 3.05) is 18.1 Å². The van der Waals surface area contributed by atoms with Crippen molar-refractivity contribution in [1.29, 1.82) is 0 Å². The van der Waals surface area contributed by atoms with Crippen LogP contribution in [0.4, 0.5) is 0 Å². The molecule has 1 aliphatic rings. The fourth-order valence-electron chi connectivity index (χ4n) is 3.42. The lowest BCUT2D eigenvalue weighted by Crippen LogP contribution is -2.53. The Morgan fingerprint density at radius 3 is 2.42 bits per heavy atom. The van der Waals surface area contributed by atoms with Crippen LogP contribution in [0.5, 0.6) is 5.75 Å². The summed E-state index contributed by atoms with van der Waals surface area (Å²) in [5.41, 5.74) is 0. The summed E-state index contributed by atoms with van der Waals surface area (Å²) in [6, 6.07) is 5.94. The van der Waals surface area contributed by atoms with E-state index in [2.05, 4.69) is 11.8 Å². The fourth-order valence-corrected chi connectivity index (χ4v) is 6.73. The minimum absolute atomic E-state index is 0.0221. The molecular formula is C19H24O5S2. The monoisotopic (exact) mass is 396 g/mol. The van der Waals surface area contributed by atoms with E-state index in [9.17, 15) is 18.3 Å². The van der Waals surface area contributed by atoms with Gasteiger partial charge in [0.2, 0.25) is 0 Å². The maximum Gasteiger partial charge on any atom is 0.325 e. The Hall–Kier alpha value is -1.65. The minimum atomic E-state index is -4.05. The summed E-state index contributed by atoms with van der Waals surface area (Å²) >= 11 is 1.74. The lowest BCUT2D eigenvalue weighted by Gasteiger charge is -2.37. The normalized spacial score (nSPS) is 17.6. The molecule has 1 N–H and O–H groups in total. The summed E-state index contributed by atoms with van der Waals surface area (Å²) < 4.78 is 30.3. The first-order chi connectivity index (χ1) is 12.4. The van der Waals surface area contributed by atoms with Gasteiger partial charge >= 0.3 is 5.97 Å². The van der Waals surface area contributed by atoms with Crippen molar-refractivity contribution in [1.82, 2.24) is 0 Å². The zero-order chi connectivity index (χ0) is 19.2. The number of aliphatic carboxylic acids is 1.